The highest BCUT2D eigenvalue weighted by molar-refractivity contribution is 5.80. The molecule has 120 valence electrons. The Kier molecular flexibility index (Phi) is 6.36. The zero-order valence-electron chi connectivity index (χ0n) is 13.3. The summed E-state index contributed by atoms with van der Waals surface area (Å²) in [6.45, 7) is 2.30. The van der Waals surface area contributed by atoms with Crippen LogP contribution in [-0.2, 0) is 22.4 Å². The summed E-state index contributed by atoms with van der Waals surface area (Å²) in [4.78, 5) is 23.8. The van der Waals surface area contributed by atoms with Gasteiger partial charge >= 0.3 is 0 Å². The Bertz CT molecular complexity index is 626. The Morgan fingerprint density at radius 1 is 0.826 bits per heavy atom. The first kappa shape index (κ1) is 16.7. The van der Waals surface area contributed by atoms with Gasteiger partial charge in [-0.25, -0.2) is 0 Å². The van der Waals surface area contributed by atoms with Gasteiger partial charge in [0.05, 0.1) is 12.8 Å². The number of hydrogen-bond donors (Lipinski definition) is 2. The molecule has 2 N–H and O–H groups in total. The fraction of sp³-hybridized carbons (Fsp3) is 0.263. The zero-order valence-corrected chi connectivity index (χ0v) is 13.3. The summed E-state index contributed by atoms with van der Waals surface area (Å²) in [5, 5.41) is 5.74. The normalized spacial score (nSPS) is 11.5. The molecular weight excluding hydrogens is 288 g/mol. The molecule has 23 heavy (non-hydrogen) atoms. The van der Waals surface area contributed by atoms with Gasteiger partial charge in [0.25, 0.3) is 0 Å². The topological polar surface area (TPSA) is 58.2 Å². The lowest BCUT2D eigenvalue weighted by atomic mass is 10.1. The van der Waals surface area contributed by atoms with Crippen LogP contribution in [0.5, 0.6) is 0 Å². The molecule has 0 radical (unpaired) electrons. The first-order chi connectivity index (χ1) is 11.1. The highest BCUT2D eigenvalue weighted by atomic mass is 16.2. The van der Waals surface area contributed by atoms with E-state index in [-0.39, 0.29) is 17.9 Å². The maximum absolute atomic E-state index is 11.9. The third kappa shape index (κ3) is 6.34. The molecule has 2 aromatic rings. The van der Waals surface area contributed by atoms with Crippen molar-refractivity contribution in [3.63, 3.8) is 0 Å². The van der Waals surface area contributed by atoms with Crippen molar-refractivity contribution in [1.82, 2.24) is 10.6 Å². The Balaban J connectivity index is 1.69. The van der Waals surface area contributed by atoms with E-state index in [1.54, 1.807) is 0 Å². The number of benzene rings is 2. The molecule has 4 nitrogen and oxygen atoms in total. The Labute approximate surface area is 136 Å². The van der Waals surface area contributed by atoms with Crippen molar-refractivity contribution in [2.75, 3.05) is 6.54 Å². The molecule has 0 fully saturated rings. The summed E-state index contributed by atoms with van der Waals surface area (Å²) in [5.74, 6) is -0.0821. The molecular formula is C19H22N2O2. The Hall–Kier alpha value is -2.62. The van der Waals surface area contributed by atoms with Crippen molar-refractivity contribution in [3.05, 3.63) is 71.8 Å². The predicted octanol–water partition coefficient (Wildman–Crippen LogP) is 2.09. The van der Waals surface area contributed by atoms with Crippen LogP contribution in [0, 0.1) is 0 Å². The first-order valence-electron chi connectivity index (χ1n) is 7.77. The monoisotopic (exact) mass is 310 g/mol. The SMILES string of the molecule is C[C@H](CNC(=O)Cc1ccccc1)NC(=O)Cc1ccccc1. The maximum Gasteiger partial charge on any atom is 0.224 e. The molecule has 0 bridgehead atoms. The average molecular weight is 310 g/mol. The fourth-order valence-electron chi connectivity index (χ4n) is 2.27. The van der Waals surface area contributed by atoms with E-state index in [1.807, 2.05) is 67.6 Å². The number of hydrogen-bond acceptors (Lipinski definition) is 2. The zero-order chi connectivity index (χ0) is 16.5. The Morgan fingerprint density at radius 3 is 1.83 bits per heavy atom. The molecule has 4 heteroatoms. The molecule has 2 rings (SSSR count). The minimum absolute atomic E-state index is 0.0407. The smallest absolute Gasteiger partial charge is 0.224 e. The molecule has 0 saturated heterocycles. The number of nitrogens with one attached hydrogen (secondary N) is 2. The summed E-state index contributed by atoms with van der Waals surface area (Å²) in [6.07, 6.45) is 0.703. The van der Waals surface area contributed by atoms with Gasteiger partial charge in [0.1, 0.15) is 0 Å². The van der Waals surface area contributed by atoms with E-state index in [2.05, 4.69) is 10.6 Å². The third-order valence-electron chi connectivity index (χ3n) is 3.43. The second kappa shape index (κ2) is 8.73. The molecule has 0 aliphatic carbocycles. The van der Waals surface area contributed by atoms with E-state index < -0.39 is 0 Å². The van der Waals surface area contributed by atoms with Gasteiger partial charge < -0.3 is 10.6 Å². The van der Waals surface area contributed by atoms with E-state index in [0.29, 0.717) is 19.4 Å². The van der Waals surface area contributed by atoms with Gasteiger partial charge in [0, 0.05) is 12.6 Å². The van der Waals surface area contributed by atoms with Crippen molar-refractivity contribution < 1.29 is 9.59 Å². The van der Waals surface area contributed by atoms with Crippen LogP contribution in [0.4, 0.5) is 0 Å². The first-order valence-corrected chi connectivity index (χ1v) is 7.77. The highest BCUT2D eigenvalue weighted by Crippen LogP contribution is 2.00. The number of amides is 2. The van der Waals surface area contributed by atoms with Crippen molar-refractivity contribution in [2.45, 2.75) is 25.8 Å². The molecule has 0 saturated carbocycles. The predicted molar refractivity (Wildman–Crippen MR) is 90.9 cm³/mol. The van der Waals surface area contributed by atoms with Gasteiger partial charge in [0.15, 0.2) is 0 Å². The molecule has 1 atom stereocenters. The summed E-state index contributed by atoms with van der Waals surface area (Å²) in [7, 11) is 0. The van der Waals surface area contributed by atoms with E-state index in [0.717, 1.165) is 11.1 Å². The molecule has 2 amide bonds. The summed E-state index contributed by atoms with van der Waals surface area (Å²) >= 11 is 0. The molecule has 0 heterocycles. The molecule has 0 aromatic heterocycles. The number of rotatable bonds is 7. The quantitative estimate of drug-likeness (QED) is 0.823. The molecule has 0 aliphatic heterocycles. The minimum Gasteiger partial charge on any atom is -0.354 e. The highest BCUT2D eigenvalue weighted by Gasteiger charge is 2.10. The van der Waals surface area contributed by atoms with Gasteiger partial charge in [-0.15, -0.1) is 0 Å². The van der Waals surface area contributed by atoms with Crippen LogP contribution in [0.3, 0.4) is 0 Å². The van der Waals surface area contributed by atoms with Gasteiger partial charge in [-0.3, -0.25) is 9.59 Å². The summed E-state index contributed by atoms with van der Waals surface area (Å²) in [6, 6.07) is 19.1. The van der Waals surface area contributed by atoms with Gasteiger partial charge in [-0.2, -0.15) is 0 Å². The Morgan fingerprint density at radius 2 is 1.30 bits per heavy atom. The van der Waals surface area contributed by atoms with E-state index in [1.165, 1.54) is 0 Å². The van der Waals surface area contributed by atoms with Gasteiger partial charge in [0.2, 0.25) is 11.8 Å². The van der Waals surface area contributed by atoms with E-state index >= 15 is 0 Å². The lowest BCUT2D eigenvalue weighted by Crippen LogP contribution is -2.42. The lowest BCUT2D eigenvalue weighted by molar-refractivity contribution is -0.122. The molecule has 0 spiro atoms. The van der Waals surface area contributed by atoms with Crippen molar-refractivity contribution in [3.8, 4) is 0 Å². The number of carbonyl (C=O) groups is 2. The van der Waals surface area contributed by atoms with E-state index in [4.69, 9.17) is 0 Å². The largest absolute Gasteiger partial charge is 0.354 e. The molecule has 0 aliphatic rings. The fourth-order valence-corrected chi connectivity index (χ4v) is 2.27. The van der Waals surface area contributed by atoms with Crippen LogP contribution in [0.1, 0.15) is 18.1 Å². The van der Waals surface area contributed by atoms with Gasteiger partial charge in [-0.1, -0.05) is 60.7 Å². The third-order valence-corrected chi connectivity index (χ3v) is 3.43. The van der Waals surface area contributed by atoms with Crippen molar-refractivity contribution in [1.29, 1.82) is 0 Å². The van der Waals surface area contributed by atoms with Crippen LogP contribution >= 0.6 is 0 Å². The summed E-state index contributed by atoms with van der Waals surface area (Å²) in [5.41, 5.74) is 1.95. The van der Waals surface area contributed by atoms with Crippen LogP contribution in [0.15, 0.2) is 60.7 Å². The van der Waals surface area contributed by atoms with Crippen LogP contribution in [0.25, 0.3) is 0 Å². The standard InChI is InChI=1S/C19H22N2O2/c1-15(21-19(23)13-17-10-6-3-7-11-17)14-20-18(22)12-16-8-4-2-5-9-16/h2-11,15H,12-14H2,1H3,(H,20,22)(H,21,23)/t15-/m1/s1. The average Bonchev–Trinajstić information content (AvgIpc) is 2.55. The van der Waals surface area contributed by atoms with Gasteiger partial charge in [-0.05, 0) is 18.1 Å². The maximum atomic E-state index is 11.9. The van der Waals surface area contributed by atoms with Crippen LogP contribution in [-0.4, -0.2) is 24.4 Å². The van der Waals surface area contributed by atoms with Crippen LogP contribution < -0.4 is 10.6 Å². The van der Waals surface area contributed by atoms with Crippen molar-refractivity contribution in [2.24, 2.45) is 0 Å². The minimum atomic E-state index is -0.106. The molecule has 2 aromatic carbocycles. The van der Waals surface area contributed by atoms with E-state index in [9.17, 15) is 9.59 Å². The second-order valence-electron chi connectivity index (χ2n) is 5.60. The number of carbonyl (C=O) groups excluding carboxylic acids is 2. The lowest BCUT2D eigenvalue weighted by Gasteiger charge is -2.15. The van der Waals surface area contributed by atoms with Crippen molar-refractivity contribution >= 4 is 11.8 Å². The second-order valence-corrected chi connectivity index (χ2v) is 5.60. The van der Waals surface area contributed by atoms with Crippen LogP contribution in [0.2, 0.25) is 0 Å². The summed E-state index contributed by atoms with van der Waals surface area (Å²) < 4.78 is 0. The molecule has 0 unspecified atom stereocenters.